The zero-order chi connectivity index (χ0) is 18.0. The van der Waals surface area contributed by atoms with Crippen LogP contribution in [0.5, 0.6) is 0 Å². The predicted octanol–water partition coefficient (Wildman–Crippen LogP) is 4.24. The molecule has 1 rings (SSSR count). The molecule has 23 heavy (non-hydrogen) atoms. The van der Waals surface area contributed by atoms with E-state index in [0.29, 0.717) is 0 Å². The molecule has 0 spiro atoms. The highest BCUT2D eigenvalue weighted by molar-refractivity contribution is 8.22. The zero-order valence-corrected chi connectivity index (χ0v) is 13.0. The van der Waals surface area contributed by atoms with E-state index in [1.807, 2.05) is 0 Å². The number of ether oxygens (including phenoxy) is 1. The Morgan fingerprint density at radius 1 is 1.22 bits per heavy atom. The van der Waals surface area contributed by atoms with Crippen LogP contribution >= 0.6 is 24.0 Å². The molecule has 1 aromatic rings. The second kappa shape index (κ2) is 6.95. The molecule has 0 saturated carbocycles. The van der Waals surface area contributed by atoms with Crippen LogP contribution in [0.15, 0.2) is 17.0 Å². The number of thiocarbonyl (C=S) groups is 1. The van der Waals surface area contributed by atoms with Gasteiger partial charge in [0.25, 0.3) is 0 Å². The van der Waals surface area contributed by atoms with Crippen molar-refractivity contribution in [2.75, 3.05) is 6.61 Å². The van der Waals surface area contributed by atoms with Crippen molar-refractivity contribution < 1.29 is 35.9 Å². The van der Waals surface area contributed by atoms with Crippen molar-refractivity contribution in [1.29, 1.82) is 0 Å². The van der Waals surface area contributed by atoms with Crippen molar-refractivity contribution >= 4 is 34.3 Å². The minimum Gasteiger partial charge on any atom is -0.479 e. The monoisotopic (exact) mass is 377 g/mol. The number of benzene rings is 1. The smallest absolute Gasteiger partial charge is 0.417 e. The summed E-state index contributed by atoms with van der Waals surface area (Å²) in [6, 6.07) is 0.164. The summed E-state index contributed by atoms with van der Waals surface area (Å²) in [4.78, 5) is 10.5. The number of alkyl halides is 6. The quantitative estimate of drug-likeness (QED) is 0.486. The number of hydrogen-bond acceptors (Lipinski definition) is 4. The topological polar surface area (TPSA) is 52.3 Å². The van der Waals surface area contributed by atoms with Crippen LogP contribution in [-0.4, -0.2) is 16.9 Å². The van der Waals surface area contributed by atoms with Gasteiger partial charge in [-0.05, 0) is 43.0 Å². The van der Waals surface area contributed by atoms with Gasteiger partial charge in [0.15, 0.2) is 0 Å². The Balaban J connectivity index is 3.63. The van der Waals surface area contributed by atoms with Crippen LogP contribution in [0.2, 0.25) is 0 Å². The molecule has 11 heteroatoms. The summed E-state index contributed by atoms with van der Waals surface area (Å²) in [7, 11) is 0. The van der Waals surface area contributed by atoms with Crippen molar-refractivity contribution in [2.24, 2.45) is 5.73 Å². The molecule has 1 aromatic carbocycles. The summed E-state index contributed by atoms with van der Waals surface area (Å²) in [5, 5.41) is 0. The van der Waals surface area contributed by atoms with Crippen molar-refractivity contribution in [3.8, 4) is 0 Å². The van der Waals surface area contributed by atoms with Gasteiger partial charge in [-0.25, -0.2) is 0 Å². The molecule has 1 amide bonds. The Morgan fingerprint density at radius 2 is 1.78 bits per heavy atom. The van der Waals surface area contributed by atoms with Gasteiger partial charge in [0.1, 0.15) is 0 Å². The number of rotatable bonds is 3. The normalized spacial score (nSPS) is 12.1. The van der Waals surface area contributed by atoms with Crippen LogP contribution < -0.4 is 5.73 Å². The average Bonchev–Trinajstić information content (AvgIpc) is 2.35. The Morgan fingerprint density at radius 3 is 2.17 bits per heavy atom. The predicted molar refractivity (Wildman–Crippen MR) is 75.0 cm³/mol. The summed E-state index contributed by atoms with van der Waals surface area (Å²) in [5.41, 5.74) is 0.693. The molecule has 0 unspecified atom stereocenters. The standard InChI is InChI=1S/C12H9F6NO2S2/c1-2-21-10(22)23-8-6(9(19)20)3-5(11(13,14)15)4-7(8)12(16,17)18/h3-4H,2H2,1H3,(H2,19,20). The van der Waals surface area contributed by atoms with E-state index in [-0.39, 0.29) is 34.9 Å². The maximum Gasteiger partial charge on any atom is 0.417 e. The lowest BCUT2D eigenvalue weighted by Crippen LogP contribution is -2.20. The zero-order valence-electron chi connectivity index (χ0n) is 11.3. The lowest BCUT2D eigenvalue weighted by Gasteiger charge is -2.18. The lowest BCUT2D eigenvalue weighted by molar-refractivity contribution is -0.144. The fourth-order valence-corrected chi connectivity index (χ4v) is 2.79. The molecule has 0 radical (unpaired) electrons. The maximum absolute atomic E-state index is 13.1. The molecule has 0 aliphatic rings. The first-order chi connectivity index (χ1) is 10.4. The number of carbonyl (C=O) groups is 1. The molecular weight excluding hydrogens is 368 g/mol. The fourth-order valence-electron chi connectivity index (χ4n) is 1.53. The summed E-state index contributed by atoms with van der Waals surface area (Å²) >= 11 is 4.89. The van der Waals surface area contributed by atoms with Crippen molar-refractivity contribution in [3.05, 3.63) is 28.8 Å². The first-order valence-corrected chi connectivity index (χ1v) is 7.07. The molecule has 3 nitrogen and oxygen atoms in total. The Labute approximate surface area is 136 Å². The van der Waals surface area contributed by atoms with E-state index in [2.05, 4.69) is 12.2 Å². The molecule has 0 aliphatic carbocycles. The largest absolute Gasteiger partial charge is 0.479 e. The summed E-state index contributed by atoms with van der Waals surface area (Å²) in [6.07, 6.45) is -10.2. The molecule has 2 N–H and O–H groups in total. The van der Waals surface area contributed by atoms with Crippen LogP contribution in [0.3, 0.4) is 0 Å². The number of nitrogens with two attached hydrogens (primary N) is 1. The minimum absolute atomic E-state index is 0.0414. The molecule has 0 saturated heterocycles. The number of hydrogen-bond donors (Lipinski definition) is 1. The van der Waals surface area contributed by atoms with E-state index in [9.17, 15) is 31.1 Å². The van der Waals surface area contributed by atoms with Gasteiger partial charge >= 0.3 is 12.4 Å². The third-order valence-corrected chi connectivity index (χ3v) is 3.73. The molecule has 0 aliphatic heterocycles. The fraction of sp³-hybridized carbons (Fsp3) is 0.333. The number of thioether (sulfide) groups is 1. The summed E-state index contributed by atoms with van der Waals surface area (Å²) in [5.74, 6) is -1.44. The van der Waals surface area contributed by atoms with E-state index < -0.39 is 39.8 Å². The molecule has 128 valence electrons. The Bertz CT molecular complexity index is 627. The number of carbonyl (C=O) groups excluding carboxylic acids is 1. The SMILES string of the molecule is CCOC(=S)Sc1c(C(N)=O)cc(C(F)(F)F)cc1C(F)(F)F. The van der Waals surface area contributed by atoms with Gasteiger partial charge in [0.2, 0.25) is 10.3 Å². The maximum atomic E-state index is 13.1. The van der Waals surface area contributed by atoms with Crippen molar-refractivity contribution in [1.82, 2.24) is 0 Å². The minimum atomic E-state index is -5.14. The second-order valence-corrected chi connectivity index (χ2v) is 5.66. The lowest BCUT2D eigenvalue weighted by atomic mass is 10.0. The second-order valence-electron chi connectivity index (χ2n) is 4.05. The Kier molecular flexibility index (Phi) is 5.91. The average molecular weight is 377 g/mol. The highest BCUT2D eigenvalue weighted by atomic mass is 32.2. The van der Waals surface area contributed by atoms with Crippen LogP contribution in [-0.2, 0) is 17.1 Å². The molecular formula is C12H9F6NO2S2. The van der Waals surface area contributed by atoms with Gasteiger partial charge in [-0.1, -0.05) is 0 Å². The number of primary amides is 1. The van der Waals surface area contributed by atoms with Gasteiger partial charge in [0.05, 0.1) is 23.3 Å². The third kappa shape index (κ3) is 4.99. The van der Waals surface area contributed by atoms with Crippen molar-refractivity contribution in [3.63, 3.8) is 0 Å². The van der Waals surface area contributed by atoms with E-state index in [1.54, 1.807) is 0 Å². The number of amides is 1. The van der Waals surface area contributed by atoms with Crippen molar-refractivity contribution in [2.45, 2.75) is 24.2 Å². The molecule has 0 heterocycles. The molecule has 0 bridgehead atoms. The Hall–Kier alpha value is -1.49. The van der Waals surface area contributed by atoms with Gasteiger partial charge in [-0.3, -0.25) is 4.79 Å². The van der Waals surface area contributed by atoms with E-state index in [0.717, 1.165) is 0 Å². The molecule has 0 fully saturated rings. The van der Waals surface area contributed by atoms with Crippen LogP contribution in [0.1, 0.15) is 28.4 Å². The van der Waals surface area contributed by atoms with E-state index >= 15 is 0 Å². The molecule has 0 aromatic heterocycles. The third-order valence-electron chi connectivity index (χ3n) is 2.43. The first-order valence-electron chi connectivity index (χ1n) is 5.84. The molecule has 0 atom stereocenters. The highest BCUT2D eigenvalue weighted by Crippen LogP contribution is 2.43. The first kappa shape index (κ1) is 19.6. The highest BCUT2D eigenvalue weighted by Gasteiger charge is 2.40. The van der Waals surface area contributed by atoms with Gasteiger partial charge in [-0.2, -0.15) is 26.3 Å². The van der Waals surface area contributed by atoms with Crippen LogP contribution in [0.4, 0.5) is 26.3 Å². The van der Waals surface area contributed by atoms with Gasteiger partial charge < -0.3 is 10.5 Å². The van der Waals surface area contributed by atoms with E-state index in [1.165, 1.54) is 6.92 Å². The number of halogens is 6. The van der Waals surface area contributed by atoms with Crippen LogP contribution in [0.25, 0.3) is 0 Å². The van der Waals surface area contributed by atoms with Crippen LogP contribution in [0, 0.1) is 0 Å². The van der Waals surface area contributed by atoms with Gasteiger partial charge in [0, 0.05) is 4.90 Å². The van der Waals surface area contributed by atoms with E-state index in [4.69, 9.17) is 10.5 Å². The summed E-state index contributed by atoms with van der Waals surface area (Å²) in [6.45, 7) is 1.55. The summed E-state index contributed by atoms with van der Waals surface area (Å²) < 4.78 is 81.9. The van der Waals surface area contributed by atoms with Gasteiger partial charge in [-0.15, -0.1) is 0 Å².